The van der Waals surface area contributed by atoms with E-state index in [1.807, 2.05) is 0 Å². The van der Waals surface area contributed by atoms with Crippen LogP contribution >= 0.6 is 0 Å². The second kappa shape index (κ2) is 8.56. The van der Waals surface area contributed by atoms with Crippen LogP contribution in [0.1, 0.15) is 17.2 Å². The highest BCUT2D eigenvalue weighted by Crippen LogP contribution is 2.36. The number of rotatable bonds is 6. The summed E-state index contributed by atoms with van der Waals surface area (Å²) in [6.07, 6.45) is -5.60. The van der Waals surface area contributed by atoms with E-state index in [-0.39, 0.29) is 12.4 Å². The Hall–Kier alpha value is -3.37. The number of aromatic nitrogens is 1. The Morgan fingerprint density at radius 3 is 2.50 bits per heavy atom. The van der Waals surface area contributed by atoms with Gasteiger partial charge in [0.2, 0.25) is 0 Å². The van der Waals surface area contributed by atoms with E-state index in [0.717, 1.165) is 12.1 Å². The van der Waals surface area contributed by atoms with Crippen LogP contribution in [0.4, 0.5) is 18.0 Å². The minimum atomic E-state index is -4.81. The molecule has 1 heterocycles. The van der Waals surface area contributed by atoms with E-state index in [2.05, 4.69) is 9.72 Å². The average Bonchev–Trinajstić information content (AvgIpc) is 2.70. The van der Waals surface area contributed by atoms with E-state index in [9.17, 15) is 28.2 Å². The minimum Gasteiger partial charge on any atom is -0.445 e. The van der Waals surface area contributed by atoms with Gasteiger partial charge in [-0.1, -0.05) is 18.2 Å². The van der Waals surface area contributed by atoms with Crippen molar-refractivity contribution in [3.8, 4) is 16.9 Å². The summed E-state index contributed by atoms with van der Waals surface area (Å²) in [5, 5.41) is 20.2. The van der Waals surface area contributed by atoms with Gasteiger partial charge in [-0.05, 0) is 41.0 Å². The fraction of sp³-hybridized carbons (Fsp3) is 0.200. The molecule has 10 heteroatoms. The lowest BCUT2D eigenvalue weighted by Crippen LogP contribution is -2.17. The number of fused-ring (bicyclic) bond motifs is 1. The van der Waals surface area contributed by atoms with E-state index in [1.54, 1.807) is 18.2 Å². The molecule has 0 spiro atoms. The number of pyridine rings is 1. The molecular formula is C20H17F3N2O5. The van der Waals surface area contributed by atoms with Crippen LogP contribution < -0.4 is 10.5 Å². The largest absolute Gasteiger partial charge is 0.573 e. The lowest BCUT2D eigenvalue weighted by Gasteiger charge is -2.19. The maximum atomic E-state index is 12.4. The number of ether oxygens (including phenoxy) is 2. The maximum Gasteiger partial charge on any atom is 0.573 e. The van der Waals surface area contributed by atoms with E-state index in [0.29, 0.717) is 33.2 Å². The zero-order valence-corrected chi connectivity index (χ0v) is 15.4. The molecule has 0 radical (unpaired) electrons. The molecule has 0 fully saturated rings. The smallest absolute Gasteiger partial charge is 0.445 e. The van der Waals surface area contributed by atoms with Gasteiger partial charge < -0.3 is 25.4 Å². The first-order valence-corrected chi connectivity index (χ1v) is 8.67. The normalized spacial score (nSPS) is 12.6. The summed E-state index contributed by atoms with van der Waals surface area (Å²) in [6.45, 7) is -0.870. The summed E-state index contributed by atoms with van der Waals surface area (Å²) >= 11 is 0. The molecule has 0 aliphatic rings. The number of benzene rings is 2. The topological polar surface area (TPSA) is 115 Å². The van der Waals surface area contributed by atoms with Crippen LogP contribution in [-0.2, 0) is 11.3 Å². The fourth-order valence-corrected chi connectivity index (χ4v) is 3.14. The number of hydrogen-bond acceptors (Lipinski definition) is 6. The molecule has 3 aromatic rings. The van der Waals surface area contributed by atoms with Crippen molar-refractivity contribution in [3.63, 3.8) is 0 Å². The van der Waals surface area contributed by atoms with Gasteiger partial charge in [0, 0.05) is 17.1 Å². The van der Waals surface area contributed by atoms with Crippen molar-refractivity contribution in [1.29, 1.82) is 0 Å². The predicted octanol–water partition coefficient (Wildman–Crippen LogP) is 3.42. The van der Waals surface area contributed by atoms with Crippen molar-refractivity contribution in [2.75, 3.05) is 6.61 Å². The lowest BCUT2D eigenvalue weighted by atomic mass is 9.91. The van der Waals surface area contributed by atoms with E-state index < -0.39 is 25.2 Å². The van der Waals surface area contributed by atoms with E-state index in [4.69, 9.17) is 10.5 Å². The number of carbonyl (C=O) groups is 1. The second-order valence-corrected chi connectivity index (χ2v) is 6.27. The van der Waals surface area contributed by atoms with E-state index >= 15 is 0 Å². The molecule has 2 aromatic carbocycles. The Balaban J connectivity index is 2.15. The van der Waals surface area contributed by atoms with Crippen LogP contribution in [0, 0.1) is 0 Å². The third-order valence-corrected chi connectivity index (χ3v) is 4.29. The highest BCUT2D eigenvalue weighted by molar-refractivity contribution is 5.96. The molecule has 30 heavy (non-hydrogen) atoms. The van der Waals surface area contributed by atoms with Crippen LogP contribution in [0.25, 0.3) is 22.0 Å². The average molecular weight is 422 g/mol. The number of hydrogen-bond donors (Lipinski definition) is 3. The number of alkyl halides is 3. The first-order chi connectivity index (χ1) is 14.2. The number of halogens is 3. The highest BCUT2D eigenvalue weighted by Gasteiger charge is 2.31. The standard InChI is InChI=1S/C20H17F3N2O5/c21-20(22,23)30-13-5-3-11(4-6-13)15-8-12(10-29-19(24)28)17(16(27)9-26)14-2-1-7-25-18(14)15/h1-8,16,26-27H,9-10H2,(H2,24,28). The zero-order valence-electron chi connectivity index (χ0n) is 15.4. The molecule has 3 rings (SSSR count). The Kier molecular flexibility index (Phi) is 6.09. The molecule has 0 bridgehead atoms. The number of nitrogens with two attached hydrogens (primary N) is 1. The van der Waals surface area contributed by atoms with Crippen molar-refractivity contribution in [2.45, 2.75) is 19.1 Å². The quantitative estimate of drug-likeness (QED) is 0.561. The lowest BCUT2D eigenvalue weighted by molar-refractivity contribution is -0.274. The number of amides is 1. The first-order valence-electron chi connectivity index (χ1n) is 8.67. The van der Waals surface area contributed by atoms with Crippen LogP contribution in [0.3, 0.4) is 0 Å². The Morgan fingerprint density at radius 2 is 1.90 bits per heavy atom. The summed E-state index contributed by atoms with van der Waals surface area (Å²) in [7, 11) is 0. The van der Waals surface area contributed by atoms with Gasteiger partial charge in [0.25, 0.3) is 0 Å². The number of carbonyl (C=O) groups excluding carboxylic acids is 1. The molecule has 1 amide bonds. The summed E-state index contributed by atoms with van der Waals surface area (Å²) in [4.78, 5) is 15.4. The first kappa shape index (κ1) is 21.3. The summed E-state index contributed by atoms with van der Waals surface area (Å²) in [6, 6.07) is 10.0. The summed E-state index contributed by atoms with van der Waals surface area (Å²) in [5.74, 6) is -0.381. The van der Waals surface area contributed by atoms with Gasteiger partial charge in [-0.25, -0.2) is 4.79 Å². The Morgan fingerprint density at radius 1 is 1.20 bits per heavy atom. The number of aliphatic hydroxyl groups is 2. The van der Waals surface area contributed by atoms with Crippen molar-refractivity contribution in [3.05, 3.63) is 59.8 Å². The molecule has 1 aromatic heterocycles. The van der Waals surface area contributed by atoms with Gasteiger partial charge in [0.05, 0.1) is 12.1 Å². The molecule has 1 atom stereocenters. The monoisotopic (exact) mass is 422 g/mol. The van der Waals surface area contributed by atoms with Crippen molar-refractivity contribution in [2.24, 2.45) is 5.73 Å². The van der Waals surface area contributed by atoms with Gasteiger partial charge >= 0.3 is 12.5 Å². The van der Waals surface area contributed by atoms with Gasteiger partial charge in [-0.15, -0.1) is 13.2 Å². The van der Waals surface area contributed by atoms with Crippen molar-refractivity contribution < 1.29 is 37.7 Å². The number of aliphatic hydroxyl groups excluding tert-OH is 2. The SMILES string of the molecule is NC(=O)OCc1cc(-c2ccc(OC(F)(F)F)cc2)c2ncccc2c1C(O)CO. The highest BCUT2D eigenvalue weighted by atomic mass is 19.4. The van der Waals surface area contributed by atoms with Crippen LogP contribution in [0.5, 0.6) is 5.75 Å². The Labute approximate surface area is 168 Å². The zero-order chi connectivity index (χ0) is 21.9. The van der Waals surface area contributed by atoms with Crippen LogP contribution in [0.2, 0.25) is 0 Å². The Bertz CT molecular complexity index is 1050. The molecule has 0 saturated carbocycles. The molecule has 1 unspecified atom stereocenters. The van der Waals surface area contributed by atoms with Gasteiger partial charge in [-0.2, -0.15) is 0 Å². The molecule has 158 valence electrons. The van der Waals surface area contributed by atoms with Crippen LogP contribution in [0.15, 0.2) is 48.7 Å². The number of nitrogens with zero attached hydrogens (tertiary/aromatic N) is 1. The number of primary amides is 1. The fourth-order valence-electron chi connectivity index (χ4n) is 3.14. The molecule has 0 aliphatic carbocycles. The van der Waals surface area contributed by atoms with Gasteiger partial charge in [0.15, 0.2) is 0 Å². The third-order valence-electron chi connectivity index (χ3n) is 4.29. The predicted molar refractivity (Wildman–Crippen MR) is 100 cm³/mol. The van der Waals surface area contributed by atoms with E-state index in [1.165, 1.54) is 18.3 Å². The maximum absolute atomic E-state index is 12.4. The summed E-state index contributed by atoms with van der Waals surface area (Å²) < 4.78 is 45.9. The minimum absolute atomic E-state index is 0.283. The molecule has 7 nitrogen and oxygen atoms in total. The molecule has 0 aliphatic heterocycles. The van der Waals surface area contributed by atoms with Crippen molar-refractivity contribution >= 4 is 17.0 Å². The second-order valence-electron chi connectivity index (χ2n) is 6.27. The van der Waals surface area contributed by atoms with Gasteiger partial charge in [-0.3, -0.25) is 4.98 Å². The molecule has 0 saturated heterocycles. The summed E-state index contributed by atoms with van der Waals surface area (Å²) in [5.41, 5.74) is 7.17. The van der Waals surface area contributed by atoms with Gasteiger partial charge in [0.1, 0.15) is 18.5 Å². The van der Waals surface area contributed by atoms with Crippen molar-refractivity contribution in [1.82, 2.24) is 4.98 Å². The third kappa shape index (κ3) is 4.78. The molecular weight excluding hydrogens is 405 g/mol. The van der Waals surface area contributed by atoms with Crippen LogP contribution in [-0.4, -0.2) is 34.3 Å². The molecule has 4 N–H and O–H groups in total.